The molecule has 114 valence electrons. The molecule has 0 saturated heterocycles. The summed E-state index contributed by atoms with van der Waals surface area (Å²) in [5.74, 6) is 0. The van der Waals surface area contributed by atoms with Gasteiger partial charge in [0.1, 0.15) is 0 Å². The fourth-order valence-corrected chi connectivity index (χ4v) is 3.70. The lowest BCUT2D eigenvalue weighted by Crippen LogP contribution is -2.37. The second-order valence-electron chi connectivity index (χ2n) is 4.96. The molecule has 1 nitrogen and oxygen atoms in total. The highest BCUT2D eigenvalue weighted by molar-refractivity contribution is 8.00. The van der Waals surface area contributed by atoms with Gasteiger partial charge in [-0.3, -0.25) is 0 Å². The summed E-state index contributed by atoms with van der Waals surface area (Å²) in [6, 6.07) is 3.87. The summed E-state index contributed by atoms with van der Waals surface area (Å²) in [4.78, 5) is 0. The number of benzene rings is 1. The Balaban J connectivity index is 2.82. The van der Waals surface area contributed by atoms with Crippen molar-refractivity contribution in [1.82, 2.24) is 5.32 Å². The van der Waals surface area contributed by atoms with Gasteiger partial charge in [0.2, 0.25) is 0 Å². The lowest BCUT2D eigenvalue weighted by Gasteiger charge is -2.31. The van der Waals surface area contributed by atoms with E-state index in [0.29, 0.717) is 15.1 Å². The summed E-state index contributed by atoms with van der Waals surface area (Å²) in [7, 11) is 0. The maximum absolute atomic E-state index is 6.28. The standard InChI is InChI=1S/C15H22Cl3NS/c1-5-15(6-2,20-4)9-19-10(3)11-7-8-12(16)14(18)13(11)17/h7-8,10,19H,5-6,9H2,1-4H3. The maximum atomic E-state index is 6.28. The average Bonchev–Trinajstić information content (AvgIpc) is 2.47. The number of hydrogen-bond donors (Lipinski definition) is 1. The molecule has 20 heavy (non-hydrogen) atoms. The summed E-state index contributed by atoms with van der Waals surface area (Å²) < 4.78 is 0.275. The molecule has 0 aliphatic heterocycles. The number of thioether (sulfide) groups is 1. The first-order chi connectivity index (χ1) is 9.40. The molecule has 1 N–H and O–H groups in total. The molecule has 0 saturated carbocycles. The second-order valence-corrected chi connectivity index (χ2v) is 7.40. The van der Waals surface area contributed by atoms with Crippen molar-refractivity contribution in [3.8, 4) is 0 Å². The summed E-state index contributed by atoms with van der Waals surface area (Å²) in [6.07, 6.45) is 4.45. The third kappa shape index (κ3) is 4.20. The largest absolute Gasteiger partial charge is 0.309 e. The van der Waals surface area contributed by atoms with Crippen molar-refractivity contribution in [2.45, 2.75) is 44.4 Å². The zero-order valence-electron chi connectivity index (χ0n) is 12.4. The Morgan fingerprint density at radius 1 is 1.15 bits per heavy atom. The highest BCUT2D eigenvalue weighted by Gasteiger charge is 2.25. The van der Waals surface area contributed by atoms with Crippen LogP contribution in [0.5, 0.6) is 0 Å². The van der Waals surface area contributed by atoms with Gasteiger partial charge in [-0.15, -0.1) is 0 Å². The Kier molecular flexibility index (Phi) is 7.51. The Morgan fingerprint density at radius 3 is 2.25 bits per heavy atom. The molecule has 0 radical (unpaired) electrons. The van der Waals surface area contributed by atoms with E-state index in [1.54, 1.807) is 6.07 Å². The first-order valence-corrected chi connectivity index (χ1v) is 9.18. The molecule has 5 heteroatoms. The highest BCUT2D eigenvalue weighted by atomic mass is 35.5. The Labute approximate surface area is 141 Å². The average molecular weight is 355 g/mol. The van der Waals surface area contributed by atoms with E-state index in [1.165, 1.54) is 0 Å². The smallest absolute Gasteiger partial charge is 0.0781 e. The Bertz CT molecular complexity index is 439. The van der Waals surface area contributed by atoms with Gasteiger partial charge in [-0.2, -0.15) is 11.8 Å². The van der Waals surface area contributed by atoms with Crippen LogP contribution >= 0.6 is 46.6 Å². The molecule has 0 heterocycles. The normalized spacial score (nSPS) is 13.6. The van der Waals surface area contributed by atoms with Crippen LogP contribution < -0.4 is 5.32 Å². The molecule has 0 fully saturated rings. The molecule has 0 amide bonds. The maximum Gasteiger partial charge on any atom is 0.0781 e. The number of halogens is 3. The minimum absolute atomic E-state index is 0.141. The van der Waals surface area contributed by atoms with Gasteiger partial charge < -0.3 is 5.32 Å². The molecule has 0 spiro atoms. The van der Waals surface area contributed by atoms with E-state index < -0.39 is 0 Å². The first kappa shape index (κ1) is 18.4. The quantitative estimate of drug-likeness (QED) is 0.583. The fraction of sp³-hybridized carbons (Fsp3) is 0.600. The predicted octanol–water partition coefficient (Wildman–Crippen LogP) is 6.22. The molecule has 1 aromatic rings. The van der Waals surface area contributed by atoms with E-state index in [4.69, 9.17) is 34.8 Å². The van der Waals surface area contributed by atoms with Crippen LogP contribution in [0.2, 0.25) is 15.1 Å². The monoisotopic (exact) mass is 353 g/mol. The van der Waals surface area contributed by atoms with Crippen molar-refractivity contribution >= 4 is 46.6 Å². The molecule has 1 unspecified atom stereocenters. The number of hydrogen-bond acceptors (Lipinski definition) is 2. The van der Waals surface area contributed by atoms with Gasteiger partial charge in [-0.25, -0.2) is 0 Å². The molecule has 0 aliphatic rings. The summed E-state index contributed by atoms with van der Waals surface area (Å²) in [5.41, 5.74) is 0.989. The zero-order chi connectivity index (χ0) is 15.3. The molecular formula is C15H22Cl3NS. The molecule has 0 aromatic heterocycles. The molecular weight excluding hydrogens is 333 g/mol. The van der Waals surface area contributed by atoms with E-state index in [-0.39, 0.29) is 10.8 Å². The van der Waals surface area contributed by atoms with Crippen LogP contribution in [0.1, 0.15) is 45.2 Å². The van der Waals surface area contributed by atoms with Crippen LogP contribution in [-0.2, 0) is 0 Å². The van der Waals surface area contributed by atoms with Gasteiger partial charge in [0.05, 0.1) is 15.1 Å². The summed E-state index contributed by atoms with van der Waals surface area (Å²) >= 11 is 20.3. The van der Waals surface area contributed by atoms with Crippen molar-refractivity contribution in [3.05, 3.63) is 32.8 Å². The Morgan fingerprint density at radius 2 is 1.75 bits per heavy atom. The fourth-order valence-electron chi connectivity index (χ4n) is 2.19. The van der Waals surface area contributed by atoms with Gasteiger partial charge in [0.15, 0.2) is 0 Å². The third-order valence-corrected chi connectivity index (χ3v) is 6.88. The molecule has 1 rings (SSSR count). The molecule has 1 atom stereocenters. The second kappa shape index (κ2) is 8.14. The highest BCUT2D eigenvalue weighted by Crippen LogP contribution is 2.36. The van der Waals surface area contributed by atoms with E-state index in [1.807, 2.05) is 17.8 Å². The van der Waals surface area contributed by atoms with Crippen molar-refractivity contribution in [2.75, 3.05) is 12.8 Å². The van der Waals surface area contributed by atoms with Crippen molar-refractivity contribution in [1.29, 1.82) is 0 Å². The molecule has 0 bridgehead atoms. The summed E-state index contributed by atoms with van der Waals surface area (Å²) in [5, 5.41) is 5.04. The van der Waals surface area contributed by atoms with E-state index in [9.17, 15) is 0 Å². The van der Waals surface area contributed by atoms with Crippen LogP contribution in [0.4, 0.5) is 0 Å². The summed E-state index contributed by atoms with van der Waals surface area (Å²) in [6.45, 7) is 7.51. The van der Waals surface area contributed by atoms with Crippen LogP contribution in [0.3, 0.4) is 0 Å². The number of rotatable bonds is 7. The van der Waals surface area contributed by atoms with Crippen molar-refractivity contribution in [3.63, 3.8) is 0 Å². The van der Waals surface area contributed by atoms with Crippen LogP contribution in [-0.4, -0.2) is 17.5 Å². The van der Waals surface area contributed by atoms with Crippen LogP contribution in [0.15, 0.2) is 12.1 Å². The Hall–Kier alpha value is 0.400. The lowest BCUT2D eigenvalue weighted by atomic mass is 10.0. The lowest BCUT2D eigenvalue weighted by molar-refractivity contribution is 0.460. The van der Waals surface area contributed by atoms with Gasteiger partial charge in [0.25, 0.3) is 0 Å². The minimum atomic E-state index is 0.141. The minimum Gasteiger partial charge on any atom is -0.309 e. The van der Waals surface area contributed by atoms with Gasteiger partial charge >= 0.3 is 0 Å². The van der Waals surface area contributed by atoms with Gasteiger partial charge in [-0.05, 0) is 37.7 Å². The first-order valence-electron chi connectivity index (χ1n) is 6.82. The number of nitrogens with one attached hydrogen (secondary N) is 1. The molecule has 1 aromatic carbocycles. The van der Waals surface area contributed by atoms with Crippen molar-refractivity contribution in [2.24, 2.45) is 0 Å². The third-order valence-electron chi connectivity index (χ3n) is 3.98. The predicted molar refractivity (Wildman–Crippen MR) is 94.7 cm³/mol. The van der Waals surface area contributed by atoms with Crippen molar-refractivity contribution < 1.29 is 0 Å². The van der Waals surface area contributed by atoms with Crippen LogP contribution in [0, 0.1) is 0 Å². The topological polar surface area (TPSA) is 12.0 Å². The SMILES string of the molecule is CCC(CC)(CNC(C)c1ccc(Cl)c(Cl)c1Cl)SC. The van der Waals surface area contributed by atoms with E-state index in [0.717, 1.165) is 24.9 Å². The zero-order valence-corrected chi connectivity index (χ0v) is 15.5. The molecule has 0 aliphatic carbocycles. The van der Waals surface area contributed by atoms with Gasteiger partial charge in [0, 0.05) is 17.3 Å². The van der Waals surface area contributed by atoms with E-state index >= 15 is 0 Å². The van der Waals surface area contributed by atoms with Gasteiger partial charge in [-0.1, -0.05) is 54.7 Å². The van der Waals surface area contributed by atoms with Crippen LogP contribution in [0.25, 0.3) is 0 Å². The van der Waals surface area contributed by atoms with E-state index in [2.05, 4.69) is 32.3 Å².